The summed E-state index contributed by atoms with van der Waals surface area (Å²) in [6.07, 6.45) is 4.93. The second kappa shape index (κ2) is 55.2. The highest BCUT2D eigenvalue weighted by atomic mass is 32.2. The lowest BCUT2D eigenvalue weighted by molar-refractivity contribution is -0.142. The monoisotopic (exact) mass is 1760 g/mol. The number of nitrogens with two attached hydrogens (primary N) is 3. The molecule has 122 heavy (non-hydrogen) atoms. The Morgan fingerprint density at radius 1 is 0.402 bits per heavy atom. The Morgan fingerprint density at radius 3 is 1.20 bits per heavy atom. The number of nitrogens with one attached hydrogen (secondary N) is 15. The summed E-state index contributed by atoms with van der Waals surface area (Å²) in [5.41, 5.74) is 18.9. The van der Waals surface area contributed by atoms with E-state index in [1.54, 1.807) is 119 Å². The molecule has 0 aliphatic heterocycles. The predicted octanol–water partition coefficient (Wildman–Crippen LogP) is 1.41. The van der Waals surface area contributed by atoms with Crippen LogP contribution in [-0.4, -0.2) is 237 Å². The minimum Gasteiger partial charge on any atom is -0.480 e. The van der Waals surface area contributed by atoms with Gasteiger partial charge in [0.1, 0.15) is 84.6 Å². The zero-order valence-electron chi connectivity index (χ0n) is 75.0. The molecule has 19 atom stereocenters. The van der Waals surface area contributed by atoms with Gasteiger partial charge in [-0.15, -0.1) is 0 Å². The van der Waals surface area contributed by atoms with Crippen LogP contribution in [0.4, 0.5) is 0 Å². The number of H-pyrrole nitrogens is 1. The standard InChI is InChI=1S/C84H144N18O18S2/c1-21-47(14)64(87)78(113)94-60(38-44(8)9)76(111)99-66(46(12)13)80(115)97-62(40-63(86)104)75(110)93-58(36-42(4)5)73(108)89-50(17)70(105)90-56(31-34-121-19)72(107)102-69(51(18)103)83(118)101-68(49(16)23-3)82(117)96-61(39-52-41-88-54-29-25-24-28-53(52)54)77(112)100-67(48(15)22-2)81(116)95-59(37-43(6)7)74(109)91-55(30-26-27-33-85)71(106)98-65(45(10)11)79(114)92-57(84(119)120)32-35-122-20/h24-25,28-29,41-51,55-62,64-69,88,103H,21-23,26-27,30-40,85,87H2,1-20H3,(H2,86,104)(H,89,108)(H,90,105)(H,91,109)(H,92,114)(H,93,110)(H,94,113)(H,95,116)(H,96,117)(H,97,115)(H,98,106)(H,99,111)(H,100,112)(H,101,118)(H,102,107)(H,119,120)/t47-,48-,49-,50-,51+,55-,56-,57-,58-,59-,60-,61-,62-,64-,65-,66-,67-,68-,69-/m0/s1. The van der Waals surface area contributed by atoms with E-state index < -0.39 is 221 Å². The van der Waals surface area contributed by atoms with Crippen LogP contribution in [0.15, 0.2) is 30.5 Å². The molecule has 38 heteroatoms. The molecule has 690 valence electrons. The van der Waals surface area contributed by atoms with E-state index in [0.29, 0.717) is 47.9 Å². The van der Waals surface area contributed by atoms with E-state index in [4.69, 9.17) is 17.2 Å². The highest BCUT2D eigenvalue weighted by Crippen LogP contribution is 2.23. The molecule has 1 heterocycles. The van der Waals surface area contributed by atoms with Crippen molar-refractivity contribution >= 4 is 129 Å². The molecule has 23 N–H and O–H groups in total. The van der Waals surface area contributed by atoms with Crippen LogP contribution >= 0.6 is 23.5 Å². The van der Waals surface area contributed by atoms with Crippen molar-refractivity contribution in [2.75, 3.05) is 30.6 Å². The number of primary amides is 1. The number of carbonyl (C=O) groups excluding carboxylic acids is 15. The van der Waals surface area contributed by atoms with Gasteiger partial charge in [-0.05, 0) is 155 Å². The highest BCUT2D eigenvalue weighted by molar-refractivity contribution is 7.98. The van der Waals surface area contributed by atoms with Crippen LogP contribution in [0.2, 0.25) is 0 Å². The number of amides is 15. The summed E-state index contributed by atoms with van der Waals surface area (Å²) in [6.45, 7) is 30.7. The van der Waals surface area contributed by atoms with Crippen LogP contribution in [0.25, 0.3) is 10.9 Å². The smallest absolute Gasteiger partial charge is 0.326 e. The first-order chi connectivity index (χ1) is 57.2. The van der Waals surface area contributed by atoms with Crippen LogP contribution in [0.5, 0.6) is 0 Å². The Labute approximate surface area is 727 Å². The van der Waals surface area contributed by atoms with Crippen molar-refractivity contribution in [1.29, 1.82) is 0 Å². The maximum absolute atomic E-state index is 15.2. The Bertz CT molecular complexity index is 3770. The van der Waals surface area contributed by atoms with Crippen molar-refractivity contribution in [3.8, 4) is 0 Å². The normalized spacial score (nSPS) is 16.3. The Kier molecular flexibility index (Phi) is 49.3. The molecule has 2 rings (SSSR count). The zero-order valence-corrected chi connectivity index (χ0v) is 76.7. The first-order valence-corrected chi connectivity index (χ1v) is 45.4. The highest BCUT2D eigenvalue weighted by Gasteiger charge is 2.41. The van der Waals surface area contributed by atoms with Crippen molar-refractivity contribution < 1.29 is 86.9 Å². The Morgan fingerprint density at radius 2 is 0.754 bits per heavy atom. The summed E-state index contributed by atoms with van der Waals surface area (Å²) in [7, 11) is 0. The predicted molar refractivity (Wildman–Crippen MR) is 471 cm³/mol. The first-order valence-electron chi connectivity index (χ1n) is 42.7. The van der Waals surface area contributed by atoms with E-state index in [1.165, 1.54) is 37.4 Å². The van der Waals surface area contributed by atoms with Crippen LogP contribution in [0.1, 0.15) is 207 Å². The molecule has 0 bridgehead atoms. The number of thioether (sulfide) groups is 2. The third kappa shape index (κ3) is 37.1. The van der Waals surface area contributed by atoms with Crippen LogP contribution in [0.3, 0.4) is 0 Å². The van der Waals surface area contributed by atoms with E-state index >= 15 is 9.59 Å². The molecule has 0 unspecified atom stereocenters. The largest absolute Gasteiger partial charge is 0.480 e. The lowest BCUT2D eigenvalue weighted by atomic mass is 9.95. The van der Waals surface area contributed by atoms with Crippen LogP contribution < -0.4 is 91.6 Å². The van der Waals surface area contributed by atoms with Crippen molar-refractivity contribution in [1.82, 2.24) is 79.4 Å². The molecular formula is C84H144N18O18S2. The summed E-state index contributed by atoms with van der Waals surface area (Å²) in [5.74, 6) is -16.6. The van der Waals surface area contributed by atoms with E-state index in [1.807, 2.05) is 34.6 Å². The van der Waals surface area contributed by atoms with Crippen molar-refractivity contribution in [3.05, 3.63) is 36.0 Å². The second-order valence-electron chi connectivity index (χ2n) is 33.9. The number of aromatic nitrogens is 1. The fraction of sp³-hybridized carbons (Fsp3) is 0.714. The van der Waals surface area contributed by atoms with Gasteiger partial charge in [-0.25, -0.2) is 4.79 Å². The number of carboxylic acid groups (broad SMARTS) is 1. The van der Waals surface area contributed by atoms with Gasteiger partial charge in [-0.1, -0.05) is 148 Å². The SMILES string of the molecule is CC[C@H](C)[C@H](N)C(=O)N[C@@H](CC(C)C)C(=O)N[C@H](C(=O)N[C@@H](CC(N)=O)C(=O)N[C@@H](CC(C)C)C(=O)N[C@@H](C)C(=O)N[C@@H](CCSC)C(=O)N[C@H](C(=O)N[C@H](C(=O)N[C@@H](Cc1c[nH]c2ccccc12)C(=O)N[C@H](C(=O)N[C@@H](CC(C)C)C(=O)N[C@@H](CCCCN)C(=O)N[C@H](C(=O)N[C@@H](CCSC)C(=O)O)C(C)C)[C@@H](C)CC)[C@@H](C)CC)[C@@H](C)O)C(C)C. The van der Waals surface area contributed by atoms with Crippen LogP contribution in [0, 0.1) is 47.3 Å². The molecule has 0 aliphatic rings. The topological polar surface area (TPSA) is 576 Å². The number of rotatable bonds is 58. The molecule has 36 nitrogen and oxygen atoms in total. The average Bonchev–Trinajstić information content (AvgIpc) is 1.67. The molecule has 0 radical (unpaired) electrons. The number of aliphatic hydroxyl groups is 1. The molecule has 15 amide bonds. The Balaban J connectivity index is 2.54. The summed E-state index contributed by atoms with van der Waals surface area (Å²) < 4.78 is 0. The minimum absolute atomic E-state index is 0.0410. The molecule has 0 saturated heterocycles. The van der Waals surface area contributed by atoms with Crippen molar-refractivity contribution in [2.24, 2.45) is 64.5 Å². The molecule has 0 aliphatic carbocycles. The van der Waals surface area contributed by atoms with Gasteiger partial charge in [0, 0.05) is 23.5 Å². The Hall–Kier alpha value is -9.14. The maximum atomic E-state index is 15.2. The lowest BCUT2D eigenvalue weighted by Gasteiger charge is -2.31. The molecular weight excluding hydrogens is 1610 g/mol. The average molecular weight is 1760 g/mol. The number of fused-ring (bicyclic) bond motifs is 1. The van der Waals surface area contributed by atoms with E-state index in [9.17, 15) is 77.3 Å². The molecule has 0 spiro atoms. The summed E-state index contributed by atoms with van der Waals surface area (Å²) in [4.78, 5) is 228. The van der Waals surface area contributed by atoms with Gasteiger partial charge < -0.3 is 107 Å². The van der Waals surface area contributed by atoms with Gasteiger partial charge in [0.2, 0.25) is 88.6 Å². The van der Waals surface area contributed by atoms with Crippen LogP contribution in [-0.2, 0) is 83.1 Å². The van der Waals surface area contributed by atoms with E-state index in [-0.39, 0.29) is 87.3 Å². The molecule has 0 fully saturated rings. The number of aliphatic carboxylic acids is 1. The summed E-state index contributed by atoms with van der Waals surface area (Å²) in [6, 6.07) is -13.2. The quantitative estimate of drug-likeness (QED) is 0.0416. The van der Waals surface area contributed by atoms with Crippen molar-refractivity contribution in [3.63, 3.8) is 0 Å². The third-order valence-corrected chi connectivity index (χ3v) is 22.6. The fourth-order valence-corrected chi connectivity index (χ4v) is 14.1. The third-order valence-electron chi connectivity index (χ3n) is 21.3. The first kappa shape index (κ1) is 109. The number of carboxylic acids is 1. The van der Waals surface area contributed by atoms with E-state index in [0.717, 1.165) is 0 Å². The van der Waals surface area contributed by atoms with Gasteiger partial charge in [-0.2, -0.15) is 23.5 Å². The summed E-state index contributed by atoms with van der Waals surface area (Å²) >= 11 is 2.70. The second-order valence-corrected chi connectivity index (χ2v) is 35.8. The van der Waals surface area contributed by atoms with Gasteiger partial charge in [0.25, 0.3) is 0 Å². The van der Waals surface area contributed by atoms with E-state index in [2.05, 4.69) is 79.4 Å². The number of aliphatic hydroxyl groups excluding tert-OH is 1. The number of para-hydroxylation sites is 1. The summed E-state index contributed by atoms with van der Waals surface area (Å²) in [5, 5.41) is 59.1. The minimum atomic E-state index is -1.79. The van der Waals surface area contributed by atoms with Gasteiger partial charge in [-0.3, -0.25) is 71.9 Å². The molecule has 2 aromatic rings. The number of hydrogen-bond donors (Lipinski definition) is 20. The number of unbranched alkanes of at least 4 members (excludes halogenated alkanes) is 1. The molecule has 0 saturated carbocycles. The van der Waals surface area contributed by atoms with Crippen molar-refractivity contribution in [2.45, 2.75) is 305 Å². The zero-order chi connectivity index (χ0) is 92.7. The maximum Gasteiger partial charge on any atom is 0.326 e. The number of hydrogen-bond acceptors (Lipinski definition) is 21. The molecule has 1 aromatic heterocycles. The fourth-order valence-electron chi connectivity index (χ4n) is 13.2. The lowest BCUT2D eigenvalue weighted by Crippen LogP contribution is -2.63. The molecule has 1 aromatic carbocycles. The number of aromatic amines is 1. The number of carbonyl (C=O) groups is 16. The number of benzene rings is 1. The van der Waals surface area contributed by atoms with Gasteiger partial charge in [0.05, 0.1) is 18.6 Å². The van der Waals surface area contributed by atoms with Gasteiger partial charge in [0.15, 0.2) is 0 Å². The van der Waals surface area contributed by atoms with Gasteiger partial charge >= 0.3 is 5.97 Å².